The van der Waals surface area contributed by atoms with Crippen LogP contribution in [0.25, 0.3) is 0 Å². The van der Waals surface area contributed by atoms with Crippen LogP contribution in [-0.4, -0.2) is 0 Å². The molecule has 0 aromatic carbocycles. The van der Waals surface area contributed by atoms with Crippen molar-refractivity contribution in [2.75, 3.05) is 0 Å². The van der Waals surface area contributed by atoms with E-state index in [-0.39, 0.29) is 0 Å². The van der Waals surface area contributed by atoms with Crippen molar-refractivity contribution in [3.8, 4) is 0 Å². The monoisotopic (exact) mass is 276 g/mol. The maximum Gasteiger partial charge on any atom is -0.0203 e. The molecule has 0 heterocycles. The predicted octanol–water partition coefficient (Wildman–Crippen LogP) is 6.90. The van der Waals surface area contributed by atoms with Crippen LogP contribution < -0.4 is 0 Å². The van der Waals surface area contributed by atoms with Crippen molar-refractivity contribution in [2.45, 2.75) is 97.3 Å². The molecule has 1 fully saturated rings. The molecule has 0 aromatic heterocycles. The highest BCUT2D eigenvalue weighted by atomic mass is 14.3. The maximum absolute atomic E-state index is 2.64. The fourth-order valence-corrected chi connectivity index (χ4v) is 4.45. The molecule has 0 heteroatoms. The van der Waals surface area contributed by atoms with E-state index in [1.54, 1.807) is 0 Å². The second-order valence-corrected chi connectivity index (χ2v) is 7.42. The van der Waals surface area contributed by atoms with Crippen molar-refractivity contribution >= 4 is 0 Å². The van der Waals surface area contributed by atoms with Gasteiger partial charge < -0.3 is 0 Å². The lowest BCUT2D eigenvalue weighted by atomic mass is 9.73. The van der Waals surface area contributed by atoms with Gasteiger partial charge in [-0.1, -0.05) is 64.0 Å². The summed E-state index contributed by atoms with van der Waals surface area (Å²) < 4.78 is 0. The Balaban J connectivity index is 1.69. The second kappa shape index (κ2) is 8.90. The highest BCUT2D eigenvalue weighted by Gasteiger charge is 2.25. The minimum absolute atomic E-state index is 0.972. The van der Waals surface area contributed by atoms with Gasteiger partial charge in [-0.3, -0.25) is 0 Å². The Morgan fingerprint density at radius 3 is 2.25 bits per heavy atom. The van der Waals surface area contributed by atoms with Crippen molar-refractivity contribution < 1.29 is 0 Å². The van der Waals surface area contributed by atoms with Crippen molar-refractivity contribution in [1.29, 1.82) is 0 Å². The first-order valence-corrected chi connectivity index (χ1v) is 9.52. The van der Waals surface area contributed by atoms with E-state index in [0.29, 0.717) is 0 Å². The third-order valence-electron chi connectivity index (χ3n) is 5.84. The van der Waals surface area contributed by atoms with E-state index < -0.39 is 0 Å². The average Bonchev–Trinajstić information content (AvgIpc) is 2.49. The van der Waals surface area contributed by atoms with Crippen LogP contribution in [0.3, 0.4) is 0 Å². The van der Waals surface area contributed by atoms with E-state index in [9.17, 15) is 0 Å². The third kappa shape index (κ3) is 4.93. The molecule has 2 rings (SSSR count). The molecule has 0 saturated heterocycles. The lowest BCUT2D eigenvalue weighted by molar-refractivity contribution is 0.272. The number of rotatable bonds is 7. The zero-order valence-electron chi connectivity index (χ0n) is 14.0. The topological polar surface area (TPSA) is 0 Å². The summed E-state index contributed by atoms with van der Waals surface area (Å²) in [6.07, 6.45) is 21.6. The molecule has 0 N–H and O–H groups in total. The summed E-state index contributed by atoms with van der Waals surface area (Å²) in [5, 5.41) is 0. The number of allylic oxidation sites excluding steroid dienone is 2. The van der Waals surface area contributed by atoms with Crippen LogP contribution in [0.2, 0.25) is 0 Å². The Labute approximate surface area is 127 Å². The first-order valence-electron chi connectivity index (χ1n) is 9.52. The third-order valence-corrected chi connectivity index (χ3v) is 5.84. The van der Waals surface area contributed by atoms with Crippen LogP contribution in [0, 0.1) is 17.8 Å². The van der Waals surface area contributed by atoms with Crippen LogP contribution in [-0.2, 0) is 0 Å². The zero-order valence-corrected chi connectivity index (χ0v) is 14.0. The molecule has 116 valence electrons. The smallest absolute Gasteiger partial charge is 0.0203 e. The van der Waals surface area contributed by atoms with Crippen molar-refractivity contribution in [3.05, 3.63) is 11.6 Å². The fourth-order valence-electron chi connectivity index (χ4n) is 4.45. The van der Waals surface area contributed by atoms with E-state index in [1.165, 1.54) is 83.5 Å². The van der Waals surface area contributed by atoms with E-state index in [4.69, 9.17) is 0 Å². The summed E-state index contributed by atoms with van der Waals surface area (Å²) in [7, 11) is 0. The highest BCUT2D eigenvalue weighted by Crippen LogP contribution is 2.40. The molecule has 0 aromatic rings. The molecule has 0 bridgehead atoms. The molecule has 2 aliphatic carbocycles. The Kier molecular flexibility index (Phi) is 7.17. The highest BCUT2D eigenvalue weighted by molar-refractivity contribution is 5.11. The van der Waals surface area contributed by atoms with Gasteiger partial charge in [-0.2, -0.15) is 0 Å². The minimum atomic E-state index is 0.972. The van der Waals surface area contributed by atoms with Gasteiger partial charge in [0.25, 0.3) is 0 Å². The largest absolute Gasteiger partial charge is 0.0848 e. The average molecular weight is 277 g/mol. The summed E-state index contributed by atoms with van der Waals surface area (Å²) in [6.45, 7) is 4.65. The van der Waals surface area contributed by atoms with Crippen molar-refractivity contribution in [3.63, 3.8) is 0 Å². The van der Waals surface area contributed by atoms with Gasteiger partial charge in [0.2, 0.25) is 0 Å². The summed E-state index contributed by atoms with van der Waals surface area (Å²) in [4.78, 5) is 0. The van der Waals surface area contributed by atoms with Gasteiger partial charge in [0.05, 0.1) is 0 Å². The van der Waals surface area contributed by atoms with Gasteiger partial charge in [0.15, 0.2) is 0 Å². The van der Waals surface area contributed by atoms with E-state index in [2.05, 4.69) is 19.9 Å². The first-order chi connectivity index (χ1) is 9.83. The summed E-state index contributed by atoms with van der Waals surface area (Å²) >= 11 is 0. The molecular formula is C20H36. The Bertz CT molecular complexity index is 280. The molecular weight excluding hydrogens is 240 g/mol. The number of hydrogen-bond donors (Lipinski definition) is 0. The molecule has 20 heavy (non-hydrogen) atoms. The second-order valence-electron chi connectivity index (χ2n) is 7.42. The summed E-state index contributed by atoms with van der Waals surface area (Å²) in [5.74, 6) is 3.05. The zero-order chi connectivity index (χ0) is 14.2. The molecule has 0 nitrogen and oxygen atoms in total. The lowest BCUT2D eigenvalue weighted by Crippen LogP contribution is -2.18. The molecule has 1 saturated carbocycles. The number of hydrogen-bond acceptors (Lipinski definition) is 0. The van der Waals surface area contributed by atoms with E-state index >= 15 is 0 Å². The van der Waals surface area contributed by atoms with Gasteiger partial charge in [-0.15, -0.1) is 0 Å². The van der Waals surface area contributed by atoms with Gasteiger partial charge in [-0.05, 0) is 62.7 Å². The normalized spacial score (nSPS) is 31.1. The van der Waals surface area contributed by atoms with Gasteiger partial charge in [0.1, 0.15) is 0 Å². The van der Waals surface area contributed by atoms with E-state index in [0.717, 1.165) is 17.8 Å². The number of unbranched alkanes of at least 4 members (excludes halogenated alkanes) is 2. The Hall–Kier alpha value is -0.260. The van der Waals surface area contributed by atoms with Crippen LogP contribution in [0.15, 0.2) is 11.6 Å². The van der Waals surface area contributed by atoms with Crippen LogP contribution in [0.5, 0.6) is 0 Å². The van der Waals surface area contributed by atoms with Crippen molar-refractivity contribution in [1.82, 2.24) is 0 Å². The first kappa shape index (κ1) is 16.1. The fraction of sp³-hybridized carbons (Fsp3) is 0.900. The van der Waals surface area contributed by atoms with Crippen molar-refractivity contribution in [2.24, 2.45) is 17.8 Å². The quantitative estimate of drug-likeness (QED) is 0.350. The molecule has 2 aliphatic rings. The van der Waals surface area contributed by atoms with Gasteiger partial charge >= 0.3 is 0 Å². The van der Waals surface area contributed by atoms with Crippen LogP contribution in [0.1, 0.15) is 97.3 Å². The summed E-state index contributed by atoms with van der Waals surface area (Å²) in [6, 6.07) is 0. The molecule has 0 spiro atoms. The molecule has 0 aliphatic heterocycles. The molecule has 1 unspecified atom stereocenters. The molecule has 0 amide bonds. The predicted molar refractivity (Wildman–Crippen MR) is 89.9 cm³/mol. The molecule has 1 atom stereocenters. The lowest BCUT2D eigenvalue weighted by Gasteiger charge is -2.33. The summed E-state index contributed by atoms with van der Waals surface area (Å²) in [5.41, 5.74) is 1.85. The van der Waals surface area contributed by atoms with Crippen LogP contribution >= 0.6 is 0 Å². The Morgan fingerprint density at radius 1 is 0.850 bits per heavy atom. The Morgan fingerprint density at radius 2 is 1.65 bits per heavy atom. The van der Waals surface area contributed by atoms with Gasteiger partial charge in [-0.25, -0.2) is 0 Å². The van der Waals surface area contributed by atoms with Crippen LogP contribution in [0.4, 0.5) is 0 Å². The van der Waals surface area contributed by atoms with Gasteiger partial charge in [0, 0.05) is 0 Å². The maximum atomic E-state index is 2.64. The standard InChI is InChI=1S/C20H36/c1-3-5-6-8-18-11-15-20(16-12-18)19-13-9-17(7-4-2)10-14-19/h13,17-18,20H,3-12,14-16H2,1-2H3. The SMILES string of the molecule is CCCCCC1CCC(C2=CCC(CCC)CC2)CC1. The van der Waals surface area contributed by atoms with E-state index in [1.807, 2.05) is 5.57 Å². The minimum Gasteiger partial charge on any atom is -0.0848 e. The molecule has 0 radical (unpaired) electrons.